The number of carboxylic acid groups (broad SMARTS) is 1. The molecule has 42 heavy (non-hydrogen) atoms. The van der Waals surface area contributed by atoms with E-state index < -0.39 is 24.0 Å². The molecule has 0 bridgehead atoms. The van der Waals surface area contributed by atoms with E-state index in [0.29, 0.717) is 25.9 Å². The van der Waals surface area contributed by atoms with Gasteiger partial charge in [-0.05, 0) is 12.8 Å². The number of amides is 2. The summed E-state index contributed by atoms with van der Waals surface area (Å²) in [6.07, 6.45) is -4.00. The molecule has 0 aromatic carbocycles. The monoisotopic (exact) mass is 638 g/mol. The van der Waals surface area contributed by atoms with Gasteiger partial charge in [-0.25, -0.2) is 24.7 Å². The quantitative estimate of drug-likeness (QED) is 0.150. The van der Waals surface area contributed by atoms with Gasteiger partial charge in [-0.2, -0.15) is 23.2 Å². The number of nitrogens with one attached hydrogen (secondary N) is 1. The van der Waals surface area contributed by atoms with Gasteiger partial charge in [-0.15, -0.1) is 0 Å². The highest BCUT2D eigenvalue weighted by Gasteiger charge is 2.38. The Morgan fingerprint density at radius 2 is 1.24 bits per heavy atom. The number of piperidine rings is 1. The topological polar surface area (TPSA) is 319 Å². The first-order valence-corrected chi connectivity index (χ1v) is 11.9. The van der Waals surface area contributed by atoms with Gasteiger partial charge in [0.25, 0.3) is 0 Å². The van der Waals surface area contributed by atoms with Gasteiger partial charge >= 0.3 is 24.0 Å². The summed E-state index contributed by atoms with van der Waals surface area (Å²) in [6.45, 7) is 0.855. The number of hydrogen-bond donors (Lipinski definition) is 8. The van der Waals surface area contributed by atoms with Crippen molar-refractivity contribution in [3.8, 4) is 0 Å². The Balaban J connectivity index is 0.000000782. The van der Waals surface area contributed by atoms with E-state index >= 15 is 0 Å². The smallest absolute Gasteiger partial charge is 0.475 e. The molecule has 1 fully saturated rings. The van der Waals surface area contributed by atoms with Crippen molar-refractivity contribution < 1.29 is 32.7 Å². The Kier molecular flexibility index (Phi) is 10.8. The number of carboxylic acids is 1. The number of anilines is 4. The Morgan fingerprint density at radius 3 is 1.64 bits per heavy atom. The average molecular weight is 639 g/mol. The number of aliphatic imine (C=N–C) groups is 2. The first-order chi connectivity index (χ1) is 19.4. The van der Waals surface area contributed by atoms with E-state index in [1.54, 1.807) is 4.90 Å². The van der Waals surface area contributed by atoms with E-state index in [0.717, 1.165) is 0 Å². The van der Waals surface area contributed by atoms with E-state index in [2.05, 4.69) is 35.2 Å². The largest absolute Gasteiger partial charge is 0.490 e. The molecular formula is C19H23Cl2F3N14O4. The highest BCUT2D eigenvalue weighted by atomic mass is 35.5. The fourth-order valence-electron chi connectivity index (χ4n) is 3.08. The van der Waals surface area contributed by atoms with Crippen molar-refractivity contribution in [3.05, 3.63) is 21.7 Å². The van der Waals surface area contributed by atoms with Crippen molar-refractivity contribution in [2.75, 3.05) is 36.0 Å². The number of carbonyl (C=O) groups is 3. The highest BCUT2D eigenvalue weighted by Crippen LogP contribution is 2.19. The van der Waals surface area contributed by atoms with Gasteiger partial charge in [0.2, 0.25) is 0 Å². The van der Waals surface area contributed by atoms with Crippen molar-refractivity contribution in [1.29, 1.82) is 0 Å². The van der Waals surface area contributed by atoms with Gasteiger partial charge in [0, 0.05) is 19.1 Å². The maximum absolute atomic E-state index is 12.4. The summed E-state index contributed by atoms with van der Waals surface area (Å²) in [5.74, 6) is -5.23. The lowest BCUT2D eigenvalue weighted by Crippen LogP contribution is -2.50. The fourth-order valence-corrected chi connectivity index (χ4v) is 3.34. The first kappa shape index (κ1) is 33.3. The molecular weight excluding hydrogens is 616 g/mol. The molecule has 0 spiro atoms. The molecule has 1 aliphatic heterocycles. The zero-order valence-corrected chi connectivity index (χ0v) is 22.6. The van der Waals surface area contributed by atoms with Crippen molar-refractivity contribution >= 4 is 76.2 Å². The van der Waals surface area contributed by atoms with Crippen LogP contribution in [0.2, 0.25) is 10.3 Å². The van der Waals surface area contributed by atoms with Crippen LogP contribution in [0.3, 0.4) is 0 Å². The second kappa shape index (κ2) is 13.6. The molecule has 2 aromatic heterocycles. The molecule has 18 nitrogen and oxygen atoms in total. The number of carbonyl (C=O) groups excluding carboxylic acids is 2. The molecule has 0 saturated carbocycles. The number of hydrogen-bond acceptors (Lipinski definition) is 11. The maximum Gasteiger partial charge on any atom is 0.490 e. The van der Waals surface area contributed by atoms with Crippen LogP contribution >= 0.6 is 23.2 Å². The van der Waals surface area contributed by atoms with Crippen LogP contribution in [0.15, 0.2) is 9.98 Å². The van der Waals surface area contributed by atoms with E-state index in [9.17, 15) is 22.8 Å². The number of rotatable bonds is 3. The molecule has 3 heterocycles. The van der Waals surface area contributed by atoms with Crippen LogP contribution < -0.4 is 39.7 Å². The predicted octanol–water partition coefficient (Wildman–Crippen LogP) is -0.800. The van der Waals surface area contributed by atoms with Crippen LogP contribution in [0.1, 0.15) is 33.8 Å². The normalized spacial score (nSPS) is 14.5. The lowest BCUT2D eigenvalue weighted by atomic mass is 10.1. The molecule has 0 unspecified atom stereocenters. The minimum Gasteiger partial charge on any atom is -0.475 e. The number of guanidine groups is 2. The van der Waals surface area contributed by atoms with E-state index in [4.69, 9.17) is 67.5 Å². The minimum absolute atomic E-state index is 0.0336. The Hall–Kier alpha value is -4.92. The Labute approximate surface area is 243 Å². The number of nitrogens with zero attached hydrogens (tertiary/aromatic N) is 7. The zero-order valence-electron chi connectivity index (χ0n) is 21.1. The standard InChI is InChI=1S/C17H22Cl2N14O2.C2HF3O2/c18-8-12(22)29-10(20)6(27-8)14(34)31-16(24)26-5-1-3-33(4-2-5)17(25)32-15(35)7-11(21)30-13(23)9(19)28-7;3-2(4,5)1(6)7/h5H,1-4H2,(H4,20,22,29)(H4,21,23,30)(H2,25,32,35)(H3,24,26,31,34);(H,6,7). The van der Waals surface area contributed by atoms with Gasteiger partial charge in [0.1, 0.15) is 0 Å². The Bertz CT molecular complexity index is 1430. The van der Waals surface area contributed by atoms with E-state index in [1.165, 1.54) is 0 Å². The van der Waals surface area contributed by atoms with Crippen LogP contribution in [-0.2, 0) is 4.79 Å². The van der Waals surface area contributed by atoms with Crippen LogP contribution in [-0.4, -0.2) is 85.0 Å². The van der Waals surface area contributed by atoms with E-state index in [1.807, 2.05) is 0 Å². The molecule has 228 valence electrons. The number of halogens is 5. The summed E-state index contributed by atoms with van der Waals surface area (Å²) in [5.41, 5.74) is 33.6. The van der Waals surface area contributed by atoms with Crippen LogP contribution in [0.25, 0.3) is 0 Å². The number of nitrogen functional groups attached to an aromatic ring is 4. The molecule has 2 amide bonds. The van der Waals surface area contributed by atoms with Crippen molar-refractivity contribution in [3.63, 3.8) is 0 Å². The Morgan fingerprint density at radius 1 is 0.833 bits per heavy atom. The molecule has 3 rings (SSSR count). The van der Waals surface area contributed by atoms with Crippen LogP contribution in [0.4, 0.5) is 36.4 Å². The summed E-state index contributed by atoms with van der Waals surface area (Å²) < 4.78 is 31.7. The number of aromatic nitrogens is 4. The second-order valence-corrected chi connectivity index (χ2v) is 8.77. The molecule has 0 radical (unpaired) electrons. The number of likely N-dealkylation sites (tertiary alicyclic amines) is 1. The van der Waals surface area contributed by atoms with Gasteiger partial charge < -0.3 is 49.7 Å². The third-order valence-corrected chi connectivity index (χ3v) is 5.62. The maximum atomic E-state index is 12.4. The summed E-state index contributed by atoms with van der Waals surface area (Å²) in [7, 11) is 0. The molecule has 14 N–H and O–H groups in total. The second-order valence-electron chi connectivity index (χ2n) is 8.05. The predicted molar refractivity (Wildman–Crippen MR) is 145 cm³/mol. The van der Waals surface area contributed by atoms with Gasteiger partial charge in [-0.3, -0.25) is 9.59 Å². The zero-order chi connectivity index (χ0) is 31.9. The van der Waals surface area contributed by atoms with Crippen LogP contribution in [0, 0.1) is 0 Å². The van der Waals surface area contributed by atoms with Gasteiger partial charge in [0.15, 0.2) is 56.9 Å². The van der Waals surface area contributed by atoms with E-state index in [-0.39, 0.29) is 62.9 Å². The summed E-state index contributed by atoms with van der Waals surface area (Å²) in [5, 5.41) is 9.71. The molecule has 0 atom stereocenters. The third kappa shape index (κ3) is 9.05. The molecule has 2 aromatic rings. The third-order valence-electron chi connectivity index (χ3n) is 5.07. The van der Waals surface area contributed by atoms with Crippen molar-refractivity contribution in [2.24, 2.45) is 21.5 Å². The molecule has 1 aliphatic rings. The number of aliphatic carboxylic acids is 1. The average Bonchev–Trinajstić information content (AvgIpc) is 2.88. The first-order valence-electron chi connectivity index (χ1n) is 11.2. The van der Waals surface area contributed by atoms with Crippen LogP contribution in [0.5, 0.6) is 0 Å². The summed E-state index contributed by atoms with van der Waals surface area (Å²) in [4.78, 5) is 57.9. The molecule has 23 heteroatoms. The highest BCUT2D eigenvalue weighted by molar-refractivity contribution is 6.32. The minimum atomic E-state index is -5.08. The SMILES string of the molecule is NC(=NC(=O)c1nc(Cl)c(N)nc1N)N1CCC(N/C(N)=N/C(=O)c2nc(Cl)c(N)nc2N)CC1.O=C(O)C(F)(F)F. The van der Waals surface area contributed by atoms with Gasteiger partial charge in [0.05, 0.1) is 0 Å². The number of nitrogens with two attached hydrogens (primary N) is 6. The number of alkyl halides is 3. The summed E-state index contributed by atoms with van der Waals surface area (Å²) >= 11 is 11.6. The van der Waals surface area contributed by atoms with Gasteiger partial charge in [-0.1, -0.05) is 23.2 Å². The molecule has 0 aliphatic carbocycles. The van der Waals surface area contributed by atoms with Crippen molar-refractivity contribution in [1.82, 2.24) is 30.2 Å². The van der Waals surface area contributed by atoms with Crippen molar-refractivity contribution in [2.45, 2.75) is 25.1 Å². The molecule has 1 saturated heterocycles. The summed E-state index contributed by atoms with van der Waals surface area (Å²) in [6, 6.07) is -0.137. The fraction of sp³-hybridized carbons (Fsp3) is 0.316. The lowest BCUT2D eigenvalue weighted by molar-refractivity contribution is -0.192. The lowest BCUT2D eigenvalue weighted by Gasteiger charge is -2.33.